The van der Waals surface area contributed by atoms with Gasteiger partial charge in [0.15, 0.2) is 0 Å². The first-order valence-electron chi connectivity index (χ1n) is 6.21. The third-order valence-corrected chi connectivity index (χ3v) is 2.95. The van der Waals surface area contributed by atoms with Crippen LogP contribution in [0.15, 0.2) is 24.3 Å². The molecule has 19 heavy (non-hydrogen) atoms. The monoisotopic (exact) mass is 279 g/mol. The number of benzene rings is 1. The number of aromatic nitrogens is 2. The van der Waals surface area contributed by atoms with Gasteiger partial charge in [0.2, 0.25) is 0 Å². The van der Waals surface area contributed by atoms with Gasteiger partial charge in [-0.3, -0.25) is 0 Å². The molecule has 2 rings (SSSR count). The van der Waals surface area contributed by atoms with Crippen LogP contribution in [0.2, 0.25) is 5.02 Å². The van der Waals surface area contributed by atoms with Crippen LogP contribution in [0, 0.1) is 5.82 Å². The van der Waals surface area contributed by atoms with Crippen molar-refractivity contribution in [3.8, 4) is 11.3 Å². The number of hydrogen-bond acceptors (Lipinski definition) is 3. The van der Waals surface area contributed by atoms with Crippen LogP contribution in [0.25, 0.3) is 11.3 Å². The van der Waals surface area contributed by atoms with Crippen molar-refractivity contribution in [2.45, 2.75) is 20.3 Å². The van der Waals surface area contributed by atoms with Gasteiger partial charge in [0, 0.05) is 24.6 Å². The minimum atomic E-state index is -0.429. The van der Waals surface area contributed by atoms with Crippen molar-refractivity contribution in [1.82, 2.24) is 9.97 Å². The van der Waals surface area contributed by atoms with Gasteiger partial charge in [0.05, 0.1) is 10.7 Å². The zero-order chi connectivity index (χ0) is 13.8. The number of rotatable bonds is 4. The molecule has 0 amide bonds. The molecule has 0 radical (unpaired) electrons. The maximum atomic E-state index is 13.2. The quantitative estimate of drug-likeness (QED) is 0.921. The first-order valence-corrected chi connectivity index (χ1v) is 6.59. The van der Waals surface area contributed by atoms with Crippen LogP contribution in [0.3, 0.4) is 0 Å². The molecule has 0 aliphatic rings. The second kappa shape index (κ2) is 5.97. The molecule has 1 aromatic heterocycles. The summed E-state index contributed by atoms with van der Waals surface area (Å²) in [7, 11) is 0. The molecule has 3 nitrogen and oxygen atoms in total. The van der Waals surface area contributed by atoms with Crippen molar-refractivity contribution in [1.29, 1.82) is 0 Å². The Balaban J connectivity index is 2.47. The number of hydrogen-bond donors (Lipinski definition) is 1. The fourth-order valence-electron chi connectivity index (χ4n) is 1.73. The molecule has 0 atom stereocenters. The van der Waals surface area contributed by atoms with Crippen molar-refractivity contribution in [3.63, 3.8) is 0 Å². The molecule has 0 unspecified atom stereocenters. The summed E-state index contributed by atoms with van der Waals surface area (Å²) in [5.41, 5.74) is 1.52. The van der Waals surface area contributed by atoms with E-state index in [9.17, 15) is 4.39 Å². The number of nitrogens with one attached hydrogen (secondary N) is 1. The maximum absolute atomic E-state index is 13.2. The highest BCUT2D eigenvalue weighted by Crippen LogP contribution is 2.25. The molecule has 0 aliphatic carbocycles. The van der Waals surface area contributed by atoms with Crippen LogP contribution in [0.1, 0.15) is 19.7 Å². The van der Waals surface area contributed by atoms with Crippen LogP contribution in [-0.4, -0.2) is 16.5 Å². The Hall–Kier alpha value is -1.68. The molecule has 1 aromatic carbocycles. The van der Waals surface area contributed by atoms with E-state index in [1.54, 1.807) is 12.1 Å². The number of halogens is 2. The smallest absolute Gasteiger partial charge is 0.141 e. The van der Waals surface area contributed by atoms with Gasteiger partial charge in [-0.1, -0.05) is 18.5 Å². The second-order valence-electron chi connectivity index (χ2n) is 4.07. The van der Waals surface area contributed by atoms with Crippen LogP contribution in [0.5, 0.6) is 0 Å². The minimum Gasteiger partial charge on any atom is -0.370 e. The first kappa shape index (κ1) is 13.7. The Morgan fingerprint density at radius 2 is 2.00 bits per heavy atom. The highest BCUT2D eigenvalue weighted by Gasteiger charge is 2.08. The third-order valence-electron chi connectivity index (χ3n) is 2.66. The summed E-state index contributed by atoms with van der Waals surface area (Å²) in [5, 5.41) is 3.26. The van der Waals surface area contributed by atoms with Gasteiger partial charge in [-0.2, -0.15) is 0 Å². The van der Waals surface area contributed by atoms with Crippen LogP contribution < -0.4 is 5.32 Å². The second-order valence-corrected chi connectivity index (χ2v) is 4.47. The first-order chi connectivity index (χ1) is 9.13. The van der Waals surface area contributed by atoms with E-state index in [4.69, 9.17) is 11.6 Å². The predicted molar refractivity (Wildman–Crippen MR) is 76.0 cm³/mol. The van der Waals surface area contributed by atoms with Gasteiger partial charge in [-0.05, 0) is 25.1 Å². The fraction of sp³-hybridized carbons (Fsp3) is 0.286. The normalized spacial score (nSPS) is 10.5. The number of nitrogens with zero attached hydrogens (tertiary/aromatic N) is 2. The van der Waals surface area contributed by atoms with E-state index in [-0.39, 0.29) is 5.02 Å². The van der Waals surface area contributed by atoms with Crippen LogP contribution in [0.4, 0.5) is 10.2 Å². The summed E-state index contributed by atoms with van der Waals surface area (Å²) in [6.07, 6.45) is 0.737. The van der Waals surface area contributed by atoms with Crippen molar-refractivity contribution in [3.05, 3.63) is 40.9 Å². The minimum absolute atomic E-state index is 0.0964. The Morgan fingerprint density at radius 1 is 1.21 bits per heavy atom. The average molecular weight is 280 g/mol. The zero-order valence-corrected chi connectivity index (χ0v) is 11.6. The van der Waals surface area contributed by atoms with Crippen LogP contribution >= 0.6 is 11.6 Å². The topological polar surface area (TPSA) is 37.8 Å². The molecule has 1 N–H and O–H groups in total. The lowest BCUT2D eigenvalue weighted by Crippen LogP contribution is -2.04. The summed E-state index contributed by atoms with van der Waals surface area (Å²) < 4.78 is 13.2. The summed E-state index contributed by atoms with van der Waals surface area (Å²) >= 11 is 5.80. The summed E-state index contributed by atoms with van der Waals surface area (Å²) in [6, 6.07) is 6.43. The van der Waals surface area contributed by atoms with E-state index in [1.807, 2.05) is 19.9 Å². The molecule has 0 saturated carbocycles. The summed E-state index contributed by atoms with van der Waals surface area (Å²) in [5.74, 6) is 1.08. The molecule has 0 saturated heterocycles. The Kier molecular flexibility index (Phi) is 4.32. The van der Waals surface area contributed by atoms with Gasteiger partial charge < -0.3 is 5.32 Å². The zero-order valence-electron chi connectivity index (χ0n) is 10.9. The Bertz CT molecular complexity index is 587. The van der Waals surface area contributed by atoms with Gasteiger partial charge >= 0.3 is 0 Å². The van der Waals surface area contributed by atoms with Gasteiger partial charge in [0.1, 0.15) is 17.5 Å². The summed E-state index contributed by atoms with van der Waals surface area (Å²) in [6.45, 7) is 4.78. The third kappa shape index (κ3) is 3.20. The van der Waals surface area contributed by atoms with Gasteiger partial charge in [-0.25, -0.2) is 14.4 Å². The molecule has 0 aliphatic heterocycles. The highest BCUT2D eigenvalue weighted by atomic mass is 35.5. The Morgan fingerprint density at radius 3 is 2.63 bits per heavy atom. The summed E-state index contributed by atoms with van der Waals surface area (Å²) in [4.78, 5) is 8.82. The van der Waals surface area contributed by atoms with E-state index >= 15 is 0 Å². The molecule has 0 bridgehead atoms. The van der Waals surface area contributed by atoms with Crippen molar-refractivity contribution in [2.24, 2.45) is 0 Å². The lowest BCUT2D eigenvalue weighted by Gasteiger charge is -2.08. The average Bonchev–Trinajstić information content (AvgIpc) is 2.42. The van der Waals surface area contributed by atoms with E-state index in [0.29, 0.717) is 0 Å². The molecular weight excluding hydrogens is 265 g/mol. The largest absolute Gasteiger partial charge is 0.370 e. The Labute approximate surface area is 116 Å². The molecule has 5 heteroatoms. The molecule has 2 aromatic rings. The molecule has 0 spiro atoms. The molecule has 1 heterocycles. The fourth-order valence-corrected chi connectivity index (χ4v) is 1.91. The standard InChI is InChI=1S/C14H15ClFN3/c1-3-13-18-12(8-14(19-13)17-4-2)9-5-6-11(16)10(15)7-9/h5-8H,3-4H2,1-2H3,(H,17,18,19). The number of aryl methyl sites for hydroxylation is 1. The van der Waals surface area contributed by atoms with E-state index in [1.165, 1.54) is 6.07 Å². The molecule has 0 fully saturated rings. The molecular formula is C14H15ClFN3. The molecule has 100 valence electrons. The predicted octanol–water partition coefficient (Wildman–Crippen LogP) is 3.93. The lowest BCUT2D eigenvalue weighted by atomic mass is 10.1. The maximum Gasteiger partial charge on any atom is 0.141 e. The SMILES string of the molecule is CCNc1cc(-c2ccc(F)c(Cl)c2)nc(CC)n1. The number of anilines is 1. The van der Waals surface area contributed by atoms with Gasteiger partial charge in [-0.15, -0.1) is 0 Å². The van der Waals surface area contributed by atoms with E-state index < -0.39 is 5.82 Å². The van der Waals surface area contributed by atoms with Crippen LogP contribution in [-0.2, 0) is 6.42 Å². The van der Waals surface area contributed by atoms with E-state index in [2.05, 4.69) is 15.3 Å². The highest BCUT2D eigenvalue weighted by molar-refractivity contribution is 6.31. The van der Waals surface area contributed by atoms with Crippen molar-refractivity contribution >= 4 is 17.4 Å². The van der Waals surface area contributed by atoms with Gasteiger partial charge in [0.25, 0.3) is 0 Å². The van der Waals surface area contributed by atoms with E-state index in [0.717, 1.165) is 35.9 Å². The van der Waals surface area contributed by atoms with Crippen molar-refractivity contribution < 1.29 is 4.39 Å². The lowest BCUT2D eigenvalue weighted by molar-refractivity contribution is 0.628. The van der Waals surface area contributed by atoms with Crippen molar-refractivity contribution in [2.75, 3.05) is 11.9 Å².